The second-order valence-electron chi connectivity index (χ2n) is 16.4. The molecule has 0 aliphatic carbocycles. The minimum Gasteiger partial charge on any atom is -0.387 e. The molecule has 0 spiro atoms. The van der Waals surface area contributed by atoms with Crippen molar-refractivity contribution in [2.45, 2.75) is 212 Å². The first-order valence-electron chi connectivity index (χ1n) is 22.2. The fourth-order valence-electron chi connectivity index (χ4n) is 6.33. The number of hydrogen-bond donors (Lipinski definition) is 3. The van der Waals surface area contributed by atoms with E-state index in [2.05, 4.69) is 31.3 Å². The summed E-state index contributed by atoms with van der Waals surface area (Å²) in [4.78, 5) is 23.1. The topological polar surface area (TPSA) is 105 Å². The molecule has 0 saturated heterocycles. The zero-order chi connectivity index (χ0) is 39.3. The molecule has 0 bridgehead atoms. The van der Waals surface area contributed by atoms with Gasteiger partial charge in [0.1, 0.15) is 13.2 Å². The highest BCUT2D eigenvalue weighted by atomic mass is 31.2. The van der Waals surface area contributed by atoms with Crippen molar-refractivity contribution >= 4 is 13.7 Å². The zero-order valence-corrected chi connectivity index (χ0v) is 36.4. The Hall–Kier alpha value is -1.02. The summed E-state index contributed by atoms with van der Waals surface area (Å²) in [5.41, 5.74) is 0. The molecule has 0 saturated carbocycles. The van der Waals surface area contributed by atoms with Crippen molar-refractivity contribution < 1.29 is 32.9 Å². The van der Waals surface area contributed by atoms with Gasteiger partial charge in [0.25, 0.3) is 0 Å². The quantitative estimate of drug-likeness (QED) is 0.0248. The highest BCUT2D eigenvalue weighted by Gasteiger charge is 2.27. The largest absolute Gasteiger partial charge is 0.472 e. The number of quaternary nitrogens is 1. The van der Waals surface area contributed by atoms with E-state index in [4.69, 9.17) is 9.05 Å². The molecule has 0 rings (SSSR count). The third-order valence-corrected chi connectivity index (χ3v) is 10.9. The second-order valence-corrected chi connectivity index (χ2v) is 17.9. The van der Waals surface area contributed by atoms with E-state index in [1.165, 1.54) is 128 Å². The van der Waals surface area contributed by atoms with Gasteiger partial charge in [-0.3, -0.25) is 13.8 Å². The Labute approximate surface area is 328 Å². The fraction of sp³-hybridized carbons (Fsp3) is 0.886. The van der Waals surface area contributed by atoms with Gasteiger partial charge < -0.3 is 19.8 Å². The maximum atomic E-state index is 12.8. The molecule has 8 nitrogen and oxygen atoms in total. The molecule has 0 heterocycles. The number of allylic oxidation sites excluding steroid dienone is 3. The number of aliphatic hydroxyl groups is 1. The van der Waals surface area contributed by atoms with Crippen LogP contribution in [0, 0.1) is 0 Å². The summed E-state index contributed by atoms with van der Waals surface area (Å²) >= 11 is 0. The lowest BCUT2D eigenvalue weighted by Gasteiger charge is -2.25. The number of unbranched alkanes of at least 4 members (excludes halogenated alkanes) is 25. The fourth-order valence-corrected chi connectivity index (χ4v) is 7.07. The number of amides is 1. The Morgan fingerprint density at radius 3 is 1.45 bits per heavy atom. The normalized spacial score (nSPS) is 14.6. The second kappa shape index (κ2) is 36.6. The van der Waals surface area contributed by atoms with Gasteiger partial charge in [0.05, 0.1) is 39.9 Å². The van der Waals surface area contributed by atoms with Gasteiger partial charge in [-0.2, -0.15) is 0 Å². The molecule has 0 aromatic heterocycles. The Balaban J connectivity index is 4.44. The number of nitrogens with one attached hydrogen (secondary N) is 1. The first kappa shape index (κ1) is 52.0. The summed E-state index contributed by atoms with van der Waals surface area (Å²) in [6.07, 6.45) is 42.4. The van der Waals surface area contributed by atoms with Gasteiger partial charge >= 0.3 is 7.82 Å². The maximum absolute atomic E-state index is 12.8. The Bertz CT molecular complexity index is 922. The van der Waals surface area contributed by atoms with Crippen LogP contribution in [0.1, 0.15) is 200 Å². The Morgan fingerprint density at radius 2 is 1.02 bits per heavy atom. The third kappa shape index (κ3) is 39.0. The Kier molecular flexibility index (Phi) is 35.9. The van der Waals surface area contributed by atoms with Crippen LogP contribution in [0.4, 0.5) is 0 Å². The number of carbonyl (C=O) groups is 1. The first-order chi connectivity index (χ1) is 25.5. The molecule has 53 heavy (non-hydrogen) atoms. The molecular weight excluding hydrogens is 683 g/mol. The molecule has 1 amide bonds. The van der Waals surface area contributed by atoms with E-state index in [9.17, 15) is 19.4 Å². The van der Waals surface area contributed by atoms with Crippen LogP contribution in [-0.4, -0.2) is 73.4 Å². The molecular formula is C44H88N2O6P+. The van der Waals surface area contributed by atoms with Gasteiger partial charge in [-0.1, -0.05) is 173 Å². The average molecular weight is 772 g/mol. The van der Waals surface area contributed by atoms with Gasteiger partial charge in [-0.05, 0) is 44.9 Å². The van der Waals surface area contributed by atoms with Crippen LogP contribution in [-0.2, 0) is 18.4 Å². The average Bonchev–Trinajstić information content (AvgIpc) is 3.10. The predicted molar refractivity (Wildman–Crippen MR) is 226 cm³/mol. The lowest BCUT2D eigenvalue weighted by molar-refractivity contribution is -0.870. The highest BCUT2D eigenvalue weighted by molar-refractivity contribution is 7.47. The number of carbonyl (C=O) groups excluding carboxylic acids is 1. The third-order valence-electron chi connectivity index (χ3n) is 9.92. The highest BCUT2D eigenvalue weighted by Crippen LogP contribution is 2.43. The molecule has 3 N–H and O–H groups in total. The van der Waals surface area contributed by atoms with Crippen molar-refractivity contribution in [3.05, 3.63) is 24.3 Å². The number of likely N-dealkylation sites (N-methyl/N-ethyl adjacent to an activating group) is 1. The van der Waals surface area contributed by atoms with Gasteiger partial charge in [-0.15, -0.1) is 0 Å². The van der Waals surface area contributed by atoms with Crippen LogP contribution in [0.5, 0.6) is 0 Å². The standard InChI is InChI=1S/C44H87N2O6P/c1-6-8-10-12-14-16-18-20-22-23-24-25-27-29-31-33-35-37-43(47)42(41-52-53(49,50)51-40-39-46(3,4)5)45-44(48)38-36-34-32-30-28-26-21-19-17-15-13-11-9-7-2/h19,21,35,37,42-43,47H,6-18,20,22-34,36,38-41H2,1-5H3,(H-,45,48,49,50)/p+1/b21-19+,37-35+/t42-,43+/m0/s1. The minimum atomic E-state index is -4.33. The zero-order valence-electron chi connectivity index (χ0n) is 35.5. The molecule has 3 atom stereocenters. The van der Waals surface area contributed by atoms with Crippen molar-refractivity contribution in [3.63, 3.8) is 0 Å². The van der Waals surface area contributed by atoms with E-state index in [0.29, 0.717) is 17.4 Å². The molecule has 9 heteroatoms. The summed E-state index contributed by atoms with van der Waals surface area (Å²) in [6.45, 7) is 4.80. The molecule has 0 aromatic carbocycles. The first-order valence-corrected chi connectivity index (χ1v) is 23.7. The van der Waals surface area contributed by atoms with Crippen molar-refractivity contribution in [1.82, 2.24) is 5.32 Å². The molecule has 0 aliphatic heterocycles. The van der Waals surface area contributed by atoms with Crippen LogP contribution < -0.4 is 5.32 Å². The summed E-state index contributed by atoms with van der Waals surface area (Å²) < 4.78 is 23.5. The molecule has 0 radical (unpaired) electrons. The summed E-state index contributed by atoms with van der Waals surface area (Å²) in [5, 5.41) is 13.8. The van der Waals surface area contributed by atoms with Gasteiger partial charge in [0.2, 0.25) is 5.91 Å². The molecule has 0 aliphatic rings. The number of hydrogen-bond acceptors (Lipinski definition) is 5. The Morgan fingerprint density at radius 1 is 0.623 bits per heavy atom. The number of aliphatic hydroxyl groups excluding tert-OH is 1. The lowest BCUT2D eigenvalue weighted by Crippen LogP contribution is -2.45. The number of nitrogens with zero attached hydrogens (tertiary/aromatic N) is 1. The van der Waals surface area contributed by atoms with Crippen molar-refractivity contribution in [3.8, 4) is 0 Å². The van der Waals surface area contributed by atoms with Crippen molar-refractivity contribution in [2.75, 3.05) is 40.9 Å². The van der Waals surface area contributed by atoms with E-state index in [-0.39, 0.29) is 19.1 Å². The number of phosphoric acid groups is 1. The van der Waals surface area contributed by atoms with E-state index in [1.54, 1.807) is 6.08 Å². The van der Waals surface area contributed by atoms with Crippen LogP contribution in [0.2, 0.25) is 0 Å². The lowest BCUT2D eigenvalue weighted by atomic mass is 10.0. The van der Waals surface area contributed by atoms with Crippen LogP contribution in [0.3, 0.4) is 0 Å². The predicted octanol–water partition coefficient (Wildman–Crippen LogP) is 12.1. The van der Waals surface area contributed by atoms with Crippen molar-refractivity contribution in [2.24, 2.45) is 0 Å². The minimum absolute atomic E-state index is 0.0609. The van der Waals surface area contributed by atoms with Crippen LogP contribution in [0.25, 0.3) is 0 Å². The van der Waals surface area contributed by atoms with Gasteiger partial charge in [-0.25, -0.2) is 4.57 Å². The summed E-state index contributed by atoms with van der Waals surface area (Å²) in [5.74, 6) is -0.186. The number of rotatable bonds is 40. The molecule has 0 fully saturated rings. The van der Waals surface area contributed by atoms with E-state index in [1.807, 2.05) is 27.2 Å². The van der Waals surface area contributed by atoms with E-state index >= 15 is 0 Å². The van der Waals surface area contributed by atoms with Crippen molar-refractivity contribution in [1.29, 1.82) is 0 Å². The molecule has 314 valence electrons. The summed E-state index contributed by atoms with van der Waals surface area (Å²) in [6, 6.07) is -0.847. The van der Waals surface area contributed by atoms with Gasteiger partial charge in [0.15, 0.2) is 0 Å². The van der Waals surface area contributed by atoms with Crippen LogP contribution in [0.15, 0.2) is 24.3 Å². The monoisotopic (exact) mass is 772 g/mol. The number of phosphoric ester groups is 1. The maximum Gasteiger partial charge on any atom is 0.472 e. The van der Waals surface area contributed by atoms with E-state index in [0.717, 1.165) is 51.4 Å². The molecule has 1 unspecified atom stereocenters. The molecule has 0 aromatic rings. The SMILES string of the molecule is CCCCCCC/C=C/CCCCCCCC(=O)N[C@@H](COP(=O)(O)OCC[N+](C)(C)C)[C@H](O)/C=C/CCCCCCCCCCCCCCCCC. The smallest absolute Gasteiger partial charge is 0.387 e. The van der Waals surface area contributed by atoms with Gasteiger partial charge in [0, 0.05) is 6.42 Å². The summed E-state index contributed by atoms with van der Waals surface area (Å²) in [7, 11) is 1.57. The van der Waals surface area contributed by atoms with Crippen LogP contribution >= 0.6 is 7.82 Å². The van der Waals surface area contributed by atoms with E-state index < -0.39 is 20.0 Å².